The Labute approximate surface area is 346 Å². The van der Waals surface area contributed by atoms with Crippen molar-refractivity contribution in [2.75, 3.05) is 4.90 Å². The summed E-state index contributed by atoms with van der Waals surface area (Å²) in [4.78, 5) is 2.31. The first-order valence-corrected chi connectivity index (χ1v) is 20.3. The van der Waals surface area contributed by atoms with Crippen LogP contribution < -0.4 is 4.90 Å². The molecule has 9 aromatic carbocycles. The van der Waals surface area contributed by atoms with Gasteiger partial charge in [-0.25, -0.2) is 0 Å². The first kappa shape index (κ1) is 34.0. The van der Waals surface area contributed by atoms with E-state index in [2.05, 4.69) is 216 Å². The summed E-state index contributed by atoms with van der Waals surface area (Å²) >= 11 is 0. The molecule has 282 valence electrons. The van der Waals surface area contributed by atoms with Crippen molar-refractivity contribution in [3.63, 3.8) is 0 Å². The van der Waals surface area contributed by atoms with Crippen LogP contribution in [0.5, 0.6) is 0 Å². The fourth-order valence-corrected chi connectivity index (χ4v) is 8.99. The molecule has 60 heavy (non-hydrogen) atoms. The molecule has 0 atom stereocenters. The van der Waals surface area contributed by atoms with Gasteiger partial charge in [-0.3, -0.25) is 4.57 Å². The van der Waals surface area contributed by atoms with Gasteiger partial charge in [0.1, 0.15) is 11.2 Å². The topological polar surface area (TPSA) is 34.5 Å². The van der Waals surface area contributed by atoms with E-state index < -0.39 is 0 Å². The Morgan fingerprint density at radius 1 is 0.367 bits per heavy atom. The Bertz CT molecular complexity index is 3510. The van der Waals surface area contributed by atoms with Gasteiger partial charge in [-0.2, -0.15) is 0 Å². The highest BCUT2D eigenvalue weighted by Gasteiger charge is 2.22. The van der Waals surface area contributed by atoms with Crippen LogP contribution in [0.1, 0.15) is 0 Å². The lowest BCUT2D eigenvalue weighted by Crippen LogP contribution is -2.10. The Balaban J connectivity index is 0.982. The van der Waals surface area contributed by atoms with Crippen LogP contribution in [0, 0.1) is 0 Å². The predicted molar refractivity (Wildman–Crippen MR) is 249 cm³/mol. The minimum atomic E-state index is 0.842. The fraction of sp³-hybridized carbons (Fsp3) is 0. The minimum absolute atomic E-state index is 0.842. The average molecular weight is 769 g/mol. The van der Waals surface area contributed by atoms with Crippen LogP contribution in [0.4, 0.5) is 17.1 Å². The van der Waals surface area contributed by atoms with Crippen molar-refractivity contribution in [1.29, 1.82) is 0 Å². The molecule has 0 spiro atoms. The van der Waals surface area contributed by atoms with E-state index in [4.69, 9.17) is 8.83 Å². The van der Waals surface area contributed by atoms with Crippen molar-refractivity contribution in [2.24, 2.45) is 0 Å². The summed E-state index contributed by atoms with van der Waals surface area (Å²) in [6.07, 6.45) is 0. The zero-order valence-corrected chi connectivity index (χ0v) is 32.5. The second-order valence-electron chi connectivity index (χ2n) is 15.3. The summed E-state index contributed by atoms with van der Waals surface area (Å²) in [5.74, 6) is 0. The Morgan fingerprint density at radius 2 is 0.917 bits per heavy atom. The van der Waals surface area contributed by atoms with Crippen molar-refractivity contribution in [2.45, 2.75) is 0 Å². The van der Waals surface area contributed by atoms with Crippen molar-refractivity contribution in [1.82, 2.24) is 4.57 Å². The van der Waals surface area contributed by atoms with E-state index in [9.17, 15) is 0 Å². The number of para-hydroxylation sites is 4. The lowest BCUT2D eigenvalue weighted by Gasteiger charge is -2.26. The number of anilines is 3. The van der Waals surface area contributed by atoms with Crippen LogP contribution in [0.15, 0.2) is 227 Å². The smallest absolute Gasteiger partial charge is 0.213 e. The number of benzene rings is 9. The molecule has 12 rings (SSSR count). The van der Waals surface area contributed by atoms with E-state index in [0.717, 1.165) is 94.5 Å². The van der Waals surface area contributed by atoms with E-state index in [1.807, 2.05) is 12.1 Å². The Morgan fingerprint density at radius 3 is 1.63 bits per heavy atom. The van der Waals surface area contributed by atoms with Gasteiger partial charge in [0.25, 0.3) is 0 Å². The minimum Gasteiger partial charge on any atom is -0.453 e. The van der Waals surface area contributed by atoms with E-state index in [1.54, 1.807) is 0 Å². The lowest BCUT2D eigenvalue weighted by atomic mass is 10.0. The molecule has 0 N–H and O–H groups in total. The molecule has 0 saturated carbocycles. The van der Waals surface area contributed by atoms with Crippen LogP contribution in [0.2, 0.25) is 0 Å². The summed E-state index contributed by atoms with van der Waals surface area (Å²) in [6, 6.07) is 77.1. The molecule has 3 aromatic heterocycles. The van der Waals surface area contributed by atoms with Gasteiger partial charge < -0.3 is 13.7 Å². The maximum atomic E-state index is 6.95. The number of fused-ring (bicyclic) bond motifs is 8. The SMILES string of the molecule is c1ccc(-c2ccc(N(c3ccc(-c4ccc5c(c4)oc4c5c5ccccc5n4-c4ccccc4)cc3)c3cccc4c3oc3c(-c5ccccc5)cccc34)cc2)cc1. The van der Waals surface area contributed by atoms with Crippen molar-refractivity contribution < 1.29 is 8.83 Å². The summed E-state index contributed by atoms with van der Waals surface area (Å²) in [5.41, 5.74) is 15.4. The van der Waals surface area contributed by atoms with Gasteiger partial charge in [-0.1, -0.05) is 158 Å². The Kier molecular flexibility index (Phi) is 7.82. The molecule has 0 unspecified atom stereocenters. The van der Waals surface area contributed by atoms with E-state index in [1.165, 1.54) is 16.5 Å². The van der Waals surface area contributed by atoms with Crippen LogP contribution in [-0.4, -0.2) is 4.57 Å². The summed E-state index contributed by atoms with van der Waals surface area (Å²) in [5, 5.41) is 5.60. The molecule has 3 heterocycles. The largest absolute Gasteiger partial charge is 0.453 e. The normalized spacial score (nSPS) is 11.7. The highest BCUT2D eigenvalue weighted by atomic mass is 16.3. The zero-order valence-electron chi connectivity index (χ0n) is 32.5. The average Bonchev–Trinajstić information content (AvgIpc) is 3.99. The van der Waals surface area contributed by atoms with Crippen molar-refractivity contribution in [3.8, 4) is 39.1 Å². The summed E-state index contributed by atoms with van der Waals surface area (Å²) < 4.78 is 15.9. The van der Waals surface area contributed by atoms with Gasteiger partial charge >= 0.3 is 0 Å². The maximum Gasteiger partial charge on any atom is 0.213 e. The van der Waals surface area contributed by atoms with Gasteiger partial charge in [0, 0.05) is 44.2 Å². The quantitative estimate of drug-likeness (QED) is 0.162. The molecule has 12 aromatic rings. The van der Waals surface area contributed by atoms with E-state index >= 15 is 0 Å². The molecular formula is C56H36N2O2. The first-order valence-electron chi connectivity index (χ1n) is 20.3. The van der Waals surface area contributed by atoms with Gasteiger partial charge in [-0.05, 0) is 88.5 Å². The molecule has 0 aliphatic heterocycles. The third kappa shape index (κ3) is 5.46. The highest BCUT2D eigenvalue weighted by molar-refractivity contribution is 6.20. The molecule has 0 aliphatic carbocycles. The molecule has 0 amide bonds. The monoisotopic (exact) mass is 768 g/mol. The number of hydrogen-bond donors (Lipinski definition) is 0. The van der Waals surface area contributed by atoms with Gasteiger partial charge in [0.15, 0.2) is 5.58 Å². The van der Waals surface area contributed by atoms with Crippen molar-refractivity contribution >= 4 is 72.0 Å². The molecule has 4 heteroatoms. The molecular weight excluding hydrogens is 733 g/mol. The first-order chi connectivity index (χ1) is 29.8. The Hall–Kier alpha value is -8.08. The lowest BCUT2D eigenvalue weighted by molar-refractivity contribution is 0.645. The number of aromatic nitrogens is 1. The third-order valence-electron chi connectivity index (χ3n) is 11.8. The second kappa shape index (κ2) is 13.8. The number of rotatable bonds is 7. The van der Waals surface area contributed by atoms with Crippen LogP contribution in [0.3, 0.4) is 0 Å². The van der Waals surface area contributed by atoms with Gasteiger partial charge in [0.2, 0.25) is 5.71 Å². The maximum absolute atomic E-state index is 6.95. The van der Waals surface area contributed by atoms with Crippen LogP contribution in [0.25, 0.3) is 94.0 Å². The second-order valence-corrected chi connectivity index (χ2v) is 15.3. The number of hydrogen-bond acceptors (Lipinski definition) is 3. The molecule has 0 aliphatic rings. The number of nitrogens with zero attached hydrogens (tertiary/aromatic N) is 2. The molecule has 0 saturated heterocycles. The molecule has 0 fully saturated rings. The number of furan rings is 2. The van der Waals surface area contributed by atoms with E-state index in [0.29, 0.717) is 0 Å². The summed E-state index contributed by atoms with van der Waals surface area (Å²) in [7, 11) is 0. The van der Waals surface area contributed by atoms with Gasteiger partial charge in [-0.15, -0.1) is 0 Å². The molecule has 0 radical (unpaired) electrons. The highest BCUT2D eigenvalue weighted by Crippen LogP contribution is 2.45. The fourth-order valence-electron chi connectivity index (χ4n) is 8.99. The predicted octanol–water partition coefficient (Wildman–Crippen LogP) is 15.9. The molecule has 0 bridgehead atoms. The molecule has 4 nitrogen and oxygen atoms in total. The van der Waals surface area contributed by atoms with Crippen LogP contribution in [-0.2, 0) is 0 Å². The van der Waals surface area contributed by atoms with E-state index in [-0.39, 0.29) is 0 Å². The van der Waals surface area contributed by atoms with Gasteiger partial charge in [0.05, 0.1) is 16.6 Å². The van der Waals surface area contributed by atoms with Crippen molar-refractivity contribution in [3.05, 3.63) is 218 Å². The zero-order chi connectivity index (χ0) is 39.6. The third-order valence-corrected chi connectivity index (χ3v) is 11.8. The van der Waals surface area contributed by atoms with Crippen LogP contribution >= 0.6 is 0 Å². The summed E-state index contributed by atoms with van der Waals surface area (Å²) in [6.45, 7) is 0. The standard InChI is InChI=1S/C56H36N2O2/c1-4-14-37(15-5-1)38-26-31-43(32-27-38)57(51-25-13-23-47-46-22-12-21-45(54(46)60-55(47)51)40-16-6-2-7-17-40)44-33-28-39(29-34-44)41-30-35-49-52(36-41)59-56-53(49)48-20-10-11-24-50(48)58(56)42-18-8-3-9-19-42/h1-36H.